The molecule has 3 heterocycles. The van der Waals surface area contributed by atoms with Crippen LogP contribution in [0.5, 0.6) is 0 Å². The maximum absolute atomic E-state index is 12.4. The highest BCUT2D eigenvalue weighted by Gasteiger charge is 2.26. The number of amides is 1. The van der Waals surface area contributed by atoms with Crippen molar-refractivity contribution in [2.24, 2.45) is 0 Å². The summed E-state index contributed by atoms with van der Waals surface area (Å²) in [6.07, 6.45) is 6.16. The number of nitrogens with zero attached hydrogens (tertiary/aromatic N) is 4. The van der Waals surface area contributed by atoms with Gasteiger partial charge in [0.25, 0.3) is 5.91 Å². The third-order valence-electron chi connectivity index (χ3n) is 3.18. The van der Waals surface area contributed by atoms with Crippen molar-refractivity contribution < 1.29 is 14.6 Å². The van der Waals surface area contributed by atoms with Crippen LogP contribution in [-0.4, -0.2) is 62.9 Å². The van der Waals surface area contributed by atoms with Crippen molar-refractivity contribution in [3.63, 3.8) is 0 Å². The van der Waals surface area contributed by atoms with E-state index in [1.54, 1.807) is 34.2 Å². The predicted molar refractivity (Wildman–Crippen MR) is 65.7 cm³/mol. The average molecular weight is 262 g/mol. The fourth-order valence-corrected chi connectivity index (χ4v) is 2.18. The molecule has 1 unspecified atom stereocenters. The first-order valence-corrected chi connectivity index (χ1v) is 6.08. The molecule has 1 atom stereocenters. The largest absolute Gasteiger partial charge is 0.394 e. The SMILES string of the molecule is O=C(c1cnn2ccncc12)N1CCOC(CO)C1. The van der Waals surface area contributed by atoms with E-state index in [1.807, 2.05) is 0 Å². The van der Waals surface area contributed by atoms with Gasteiger partial charge in [0.05, 0.1) is 42.8 Å². The maximum atomic E-state index is 12.4. The molecule has 1 aliphatic heterocycles. The Morgan fingerprint density at radius 3 is 3.26 bits per heavy atom. The third-order valence-corrected chi connectivity index (χ3v) is 3.18. The molecule has 2 aromatic heterocycles. The van der Waals surface area contributed by atoms with Crippen molar-refractivity contribution in [3.8, 4) is 0 Å². The molecule has 0 bridgehead atoms. The summed E-state index contributed by atoms with van der Waals surface area (Å²) in [5.74, 6) is -0.107. The zero-order valence-electron chi connectivity index (χ0n) is 10.3. The van der Waals surface area contributed by atoms with Crippen molar-refractivity contribution in [3.05, 3.63) is 30.4 Å². The summed E-state index contributed by atoms with van der Waals surface area (Å²) in [5, 5.41) is 13.2. The van der Waals surface area contributed by atoms with Gasteiger partial charge in [-0.25, -0.2) is 4.52 Å². The number of morpholine rings is 1. The highest BCUT2D eigenvalue weighted by molar-refractivity contribution is 6.00. The molecule has 0 spiro atoms. The van der Waals surface area contributed by atoms with Crippen LogP contribution in [0.2, 0.25) is 0 Å². The van der Waals surface area contributed by atoms with E-state index in [0.717, 1.165) is 0 Å². The monoisotopic (exact) mass is 262 g/mol. The number of ether oxygens (including phenoxy) is 1. The van der Waals surface area contributed by atoms with Gasteiger partial charge in [0, 0.05) is 25.5 Å². The molecule has 1 amide bonds. The maximum Gasteiger partial charge on any atom is 0.257 e. The Bertz CT molecular complexity index is 597. The summed E-state index contributed by atoms with van der Waals surface area (Å²) < 4.78 is 6.95. The van der Waals surface area contributed by atoms with E-state index in [1.165, 1.54) is 0 Å². The van der Waals surface area contributed by atoms with Gasteiger partial charge in [-0.2, -0.15) is 5.10 Å². The highest BCUT2D eigenvalue weighted by atomic mass is 16.5. The quantitative estimate of drug-likeness (QED) is 0.794. The zero-order valence-corrected chi connectivity index (χ0v) is 10.3. The standard InChI is InChI=1S/C12H14N4O3/c17-8-9-7-15(3-4-19-9)12(18)10-5-14-16-2-1-13-6-11(10)16/h1-2,5-6,9,17H,3-4,7-8H2. The Balaban J connectivity index is 1.87. The van der Waals surface area contributed by atoms with Crippen LogP contribution in [0, 0.1) is 0 Å². The Hall–Kier alpha value is -1.99. The van der Waals surface area contributed by atoms with Crippen molar-refractivity contribution in [1.82, 2.24) is 19.5 Å². The highest BCUT2D eigenvalue weighted by Crippen LogP contribution is 2.14. The van der Waals surface area contributed by atoms with E-state index >= 15 is 0 Å². The minimum Gasteiger partial charge on any atom is -0.394 e. The molecule has 0 saturated carbocycles. The van der Waals surface area contributed by atoms with E-state index < -0.39 is 0 Å². The molecule has 1 aliphatic rings. The van der Waals surface area contributed by atoms with Crippen molar-refractivity contribution in [2.45, 2.75) is 6.10 Å². The van der Waals surface area contributed by atoms with Crippen LogP contribution in [0.4, 0.5) is 0 Å². The van der Waals surface area contributed by atoms with Gasteiger partial charge in [-0.1, -0.05) is 0 Å². The molecule has 0 aromatic carbocycles. The molecule has 7 nitrogen and oxygen atoms in total. The van der Waals surface area contributed by atoms with Gasteiger partial charge in [-0.3, -0.25) is 9.78 Å². The lowest BCUT2D eigenvalue weighted by Gasteiger charge is -2.31. The van der Waals surface area contributed by atoms with Gasteiger partial charge >= 0.3 is 0 Å². The minimum atomic E-state index is -0.308. The van der Waals surface area contributed by atoms with Gasteiger partial charge in [-0.05, 0) is 0 Å². The predicted octanol–water partition coefficient (Wildman–Crippen LogP) is -0.437. The van der Waals surface area contributed by atoms with Gasteiger partial charge in [0.2, 0.25) is 0 Å². The van der Waals surface area contributed by atoms with Crippen molar-refractivity contribution >= 4 is 11.4 Å². The number of hydrogen-bond donors (Lipinski definition) is 1. The second-order valence-corrected chi connectivity index (χ2v) is 4.39. The van der Waals surface area contributed by atoms with Crippen LogP contribution in [0.1, 0.15) is 10.4 Å². The summed E-state index contributed by atoms with van der Waals surface area (Å²) in [5.41, 5.74) is 1.20. The fraction of sp³-hybridized carbons (Fsp3) is 0.417. The van der Waals surface area contributed by atoms with E-state index in [9.17, 15) is 4.79 Å². The smallest absolute Gasteiger partial charge is 0.257 e. The third kappa shape index (κ3) is 2.18. The first kappa shape index (κ1) is 12.1. The first-order chi connectivity index (χ1) is 9.29. The summed E-state index contributed by atoms with van der Waals surface area (Å²) in [7, 11) is 0. The lowest BCUT2D eigenvalue weighted by atomic mass is 10.2. The molecular weight excluding hydrogens is 248 g/mol. The average Bonchev–Trinajstić information content (AvgIpc) is 2.90. The van der Waals surface area contributed by atoms with E-state index in [4.69, 9.17) is 9.84 Å². The number of aliphatic hydroxyl groups is 1. The Morgan fingerprint density at radius 2 is 2.42 bits per heavy atom. The molecule has 0 radical (unpaired) electrons. The summed E-state index contributed by atoms with van der Waals surface area (Å²) in [6.45, 7) is 1.27. The lowest BCUT2D eigenvalue weighted by Crippen LogP contribution is -2.46. The number of carbonyl (C=O) groups excluding carboxylic acids is 1. The second-order valence-electron chi connectivity index (χ2n) is 4.39. The minimum absolute atomic E-state index is 0.0832. The van der Waals surface area contributed by atoms with Gasteiger partial charge < -0.3 is 14.7 Å². The molecular formula is C12H14N4O3. The normalized spacial score (nSPS) is 19.8. The molecule has 0 aliphatic carbocycles. The van der Waals surface area contributed by atoms with Crippen molar-refractivity contribution in [2.75, 3.05) is 26.3 Å². The molecule has 2 aromatic rings. The van der Waals surface area contributed by atoms with E-state index in [2.05, 4.69) is 10.1 Å². The summed E-state index contributed by atoms with van der Waals surface area (Å²) in [6, 6.07) is 0. The van der Waals surface area contributed by atoms with Crippen LogP contribution in [0.15, 0.2) is 24.8 Å². The Kier molecular flexibility index (Phi) is 3.14. The molecule has 1 fully saturated rings. The topological polar surface area (TPSA) is 80.0 Å². The van der Waals surface area contributed by atoms with Crippen LogP contribution in [0.25, 0.3) is 5.52 Å². The number of rotatable bonds is 2. The van der Waals surface area contributed by atoms with Crippen molar-refractivity contribution in [1.29, 1.82) is 0 Å². The Morgan fingerprint density at radius 1 is 1.53 bits per heavy atom. The van der Waals surface area contributed by atoms with Crippen LogP contribution < -0.4 is 0 Å². The van der Waals surface area contributed by atoms with Gasteiger partial charge in [0.15, 0.2) is 0 Å². The zero-order chi connectivity index (χ0) is 13.2. The number of hydrogen-bond acceptors (Lipinski definition) is 5. The summed E-state index contributed by atoms with van der Waals surface area (Å²) in [4.78, 5) is 18.1. The molecule has 1 N–H and O–H groups in total. The molecule has 7 heteroatoms. The molecule has 3 rings (SSSR count). The summed E-state index contributed by atoms with van der Waals surface area (Å²) >= 11 is 0. The second kappa shape index (κ2) is 4.94. The van der Waals surface area contributed by atoms with Gasteiger partial charge in [0.1, 0.15) is 0 Å². The molecule has 19 heavy (non-hydrogen) atoms. The number of fused-ring (bicyclic) bond motifs is 1. The number of carbonyl (C=O) groups is 1. The van der Waals surface area contributed by atoms with Gasteiger partial charge in [-0.15, -0.1) is 0 Å². The number of aromatic nitrogens is 3. The van der Waals surface area contributed by atoms with Crippen LogP contribution in [-0.2, 0) is 4.74 Å². The molecule has 100 valence electrons. The fourth-order valence-electron chi connectivity index (χ4n) is 2.18. The first-order valence-electron chi connectivity index (χ1n) is 6.08. The van der Waals surface area contributed by atoms with E-state index in [0.29, 0.717) is 30.8 Å². The number of aliphatic hydroxyl groups excluding tert-OH is 1. The van der Waals surface area contributed by atoms with E-state index in [-0.39, 0.29) is 18.6 Å². The lowest BCUT2D eigenvalue weighted by molar-refractivity contribution is -0.0446. The Labute approximate surface area is 109 Å². The van der Waals surface area contributed by atoms with Crippen LogP contribution in [0.3, 0.4) is 0 Å². The molecule has 1 saturated heterocycles. The van der Waals surface area contributed by atoms with Crippen LogP contribution >= 0.6 is 0 Å².